The van der Waals surface area contributed by atoms with Crippen LogP contribution in [0, 0.1) is 0 Å². The van der Waals surface area contributed by atoms with E-state index in [0.717, 1.165) is 31.2 Å². The Bertz CT molecular complexity index is 757. The van der Waals surface area contributed by atoms with Crippen molar-refractivity contribution in [3.63, 3.8) is 0 Å². The molecule has 1 aromatic heterocycles. The van der Waals surface area contributed by atoms with Crippen LogP contribution in [0.25, 0.3) is 11.3 Å². The molecule has 1 amide bonds. The normalized spacial score (nSPS) is 20.1. The van der Waals surface area contributed by atoms with Gasteiger partial charge in [0.25, 0.3) is 0 Å². The molecule has 7 heteroatoms. The minimum absolute atomic E-state index is 0.123. The van der Waals surface area contributed by atoms with Crippen LogP contribution in [-0.4, -0.2) is 33.1 Å². The summed E-state index contributed by atoms with van der Waals surface area (Å²) in [6.07, 6.45) is 4.74. The molecule has 1 heterocycles. The lowest BCUT2D eigenvalue weighted by atomic mass is 9.93. The van der Waals surface area contributed by atoms with Crippen LogP contribution in [0.15, 0.2) is 30.5 Å². The molecular weight excluding hydrogens is 318 g/mol. The summed E-state index contributed by atoms with van der Waals surface area (Å²) in [6.45, 7) is 1.47. The van der Waals surface area contributed by atoms with E-state index >= 15 is 0 Å². The van der Waals surface area contributed by atoms with E-state index in [0.29, 0.717) is 23.0 Å². The van der Waals surface area contributed by atoms with E-state index in [1.54, 1.807) is 6.20 Å². The zero-order chi connectivity index (χ0) is 17.8. The lowest BCUT2D eigenvalue weighted by Crippen LogP contribution is -2.29. The van der Waals surface area contributed by atoms with Gasteiger partial charge in [0.1, 0.15) is 0 Å². The average Bonchev–Trinajstić information content (AvgIpc) is 2.58. The second-order valence-corrected chi connectivity index (χ2v) is 6.40. The van der Waals surface area contributed by atoms with Crippen molar-refractivity contribution >= 4 is 23.2 Å². The maximum Gasteiger partial charge on any atom is 0.221 e. The van der Waals surface area contributed by atoms with Crippen LogP contribution >= 0.6 is 0 Å². The number of benzene rings is 1. The largest absolute Gasteiger partial charge is 0.393 e. The molecule has 1 aromatic carbocycles. The first kappa shape index (κ1) is 17.2. The van der Waals surface area contributed by atoms with Gasteiger partial charge < -0.3 is 21.5 Å². The van der Waals surface area contributed by atoms with Crippen molar-refractivity contribution in [3.05, 3.63) is 30.5 Å². The van der Waals surface area contributed by atoms with E-state index in [4.69, 9.17) is 5.73 Å². The van der Waals surface area contributed by atoms with Crippen molar-refractivity contribution in [3.8, 4) is 11.3 Å². The highest BCUT2D eigenvalue weighted by Gasteiger charge is 2.20. The lowest BCUT2D eigenvalue weighted by molar-refractivity contribution is -0.114. The molecule has 25 heavy (non-hydrogen) atoms. The van der Waals surface area contributed by atoms with E-state index in [9.17, 15) is 9.90 Å². The summed E-state index contributed by atoms with van der Waals surface area (Å²) in [6, 6.07) is 7.67. The Morgan fingerprint density at radius 1 is 1.28 bits per heavy atom. The third kappa shape index (κ3) is 4.45. The van der Waals surface area contributed by atoms with Gasteiger partial charge in [-0.05, 0) is 37.8 Å². The highest BCUT2D eigenvalue weighted by molar-refractivity contribution is 5.89. The SMILES string of the molecule is CC(=O)Nc1cccc(-c2cnc(N)c(NC3CCC(O)CC3)n2)c1. The minimum atomic E-state index is -0.204. The van der Waals surface area contributed by atoms with Gasteiger partial charge in [0, 0.05) is 24.2 Å². The first-order chi connectivity index (χ1) is 12.0. The molecular formula is C18H23N5O2. The molecule has 0 aliphatic heterocycles. The molecule has 0 spiro atoms. The van der Waals surface area contributed by atoms with Gasteiger partial charge in [-0.3, -0.25) is 4.79 Å². The van der Waals surface area contributed by atoms with E-state index in [1.165, 1.54) is 6.92 Å². The van der Waals surface area contributed by atoms with Gasteiger partial charge in [-0.1, -0.05) is 12.1 Å². The highest BCUT2D eigenvalue weighted by Crippen LogP contribution is 2.26. The molecule has 7 nitrogen and oxygen atoms in total. The van der Waals surface area contributed by atoms with Crippen molar-refractivity contribution in [2.75, 3.05) is 16.4 Å². The first-order valence-corrected chi connectivity index (χ1v) is 8.46. The number of aliphatic hydroxyl groups excluding tert-OH is 1. The molecule has 0 saturated heterocycles. The predicted octanol–water partition coefficient (Wildman–Crippen LogP) is 2.40. The third-order valence-corrected chi connectivity index (χ3v) is 4.32. The molecule has 2 aromatic rings. The summed E-state index contributed by atoms with van der Waals surface area (Å²) in [5.41, 5.74) is 8.20. The van der Waals surface area contributed by atoms with Crippen LogP contribution in [0.3, 0.4) is 0 Å². The van der Waals surface area contributed by atoms with Crippen LogP contribution in [0.1, 0.15) is 32.6 Å². The van der Waals surface area contributed by atoms with Crippen LogP contribution in [0.5, 0.6) is 0 Å². The van der Waals surface area contributed by atoms with Gasteiger partial charge in [-0.25, -0.2) is 9.97 Å². The number of anilines is 3. The number of hydrogen-bond donors (Lipinski definition) is 4. The maximum atomic E-state index is 11.2. The van der Waals surface area contributed by atoms with Crippen molar-refractivity contribution in [2.45, 2.75) is 44.8 Å². The van der Waals surface area contributed by atoms with Crippen molar-refractivity contribution in [1.29, 1.82) is 0 Å². The Kier molecular flexibility index (Phi) is 5.14. The minimum Gasteiger partial charge on any atom is -0.393 e. The molecule has 0 unspecified atom stereocenters. The molecule has 0 radical (unpaired) electrons. The second kappa shape index (κ2) is 7.48. The molecule has 1 aliphatic rings. The van der Waals surface area contributed by atoms with Crippen LogP contribution in [0.4, 0.5) is 17.3 Å². The molecule has 1 fully saturated rings. The fourth-order valence-electron chi connectivity index (χ4n) is 3.02. The number of rotatable bonds is 4. The summed E-state index contributed by atoms with van der Waals surface area (Å²) < 4.78 is 0. The Labute approximate surface area is 146 Å². The number of hydrogen-bond acceptors (Lipinski definition) is 6. The highest BCUT2D eigenvalue weighted by atomic mass is 16.3. The Balaban J connectivity index is 1.80. The van der Waals surface area contributed by atoms with Gasteiger partial charge in [-0.2, -0.15) is 0 Å². The van der Waals surface area contributed by atoms with Gasteiger partial charge in [0.2, 0.25) is 5.91 Å². The molecule has 3 rings (SSSR count). The van der Waals surface area contributed by atoms with E-state index < -0.39 is 0 Å². The van der Waals surface area contributed by atoms with Crippen molar-refractivity contribution in [2.24, 2.45) is 0 Å². The molecule has 0 bridgehead atoms. The number of nitrogens with zero attached hydrogens (tertiary/aromatic N) is 2. The number of nitrogen functional groups attached to an aromatic ring is 1. The summed E-state index contributed by atoms with van der Waals surface area (Å²) in [4.78, 5) is 20.1. The first-order valence-electron chi connectivity index (χ1n) is 8.46. The monoisotopic (exact) mass is 341 g/mol. The maximum absolute atomic E-state index is 11.2. The topological polar surface area (TPSA) is 113 Å². The van der Waals surface area contributed by atoms with Crippen LogP contribution in [0.2, 0.25) is 0 Å². The quantitative estimate of drug-likeness (QED) is 0.679. The smallest absolute Gasteiger partial charge is 0.221 e. The predicted molar refractivity (Wildman–Crippen MR) is 98.1 cm³/mol. The Morgan fingerprint density at radius 2 is 2.04 bits per heavy atom. The summed E-state index contributed by atoms with van der Waals surface area (Å²) in [5.74, 6) is 0.791. The zero-order valence-corrected chi connectivity index (χ0v) is 14.2. The Hall–Kier alpha value is -2.67. The lowest BCUT2D eigenvalue weighted by Gasteiger charge is -2.26. The Morgan fingerprint density at radius 3 is 2.76 bits per heavy atom. The van der Waals surface area contributed by atoms with Gasteiger partial charge >= 0.3 is 0 Å². The molecule has 0 atom stereocenters. The fraction of sp³-hybridized carbons (Fsp3) is 0.389. The van der Waals surface area contributed by atoms with E-state index in [-0.39, 0.29) is 18.1 Å². The average molecular weight is 341 g/mol. The fourth-order valence-corrected chi connectivity index (χ4v) is 3.02. The van der Waals surface area contributed by atoms with Crippen molar-refractivity contribution in [1.82, 2.24) is 9.97 Å². The number of nitrogens with one attached hydrogen (secondary N) is 2. The summed E-state index contributed by atoms with van der Waals surface area (Å²) in [7, 11) is 0. The molecule has 1 aliphatic carbocycles. The number of carbonyl (C=O) groups excluding carboxylic acids is 1. The van der Waals surface area contributed by atoms with Gasteiger partial charge in [-0.15, -0.1) is 0 Å². The number of aliphatic hydroxyl groups is 1. The number of nitrogens with two attached hydrogens (primary N) is 1. The van der Waals surface area contributed by atoms with Gasteiger partial charge in [0.05, 0.1) is 18.0 Å². The second-order valence-electron chi connectivity index (χ2n) is 6.40. The van der Waals surface area contributed by atoms with Crippen LogP contribution in [-0.2, 0) is 4.79 Å². The summed E-state index contributed by atoms with van der Waals surface area (Å²) in [5, 5.41) is 15.7. The van der Waals surface area contributed by atoms with Gasteiger partial charge in [0.15, 0.2) is 11.6 Å². The molecule has 132 valence electrons. The third-order valence-electron chi connectivity index (χ3n) is 4.32. The standard InChI is InChI=1S/C18H23N5O2/c1-11(24)21-14-4-2-3-12(9-14)16-10-20-17(19)18(23-16)22-13-5-7-15(25)8-6-13/h2-4,9-10,13,15,25H,5-8H2,1H3,(H2,19,20)(H,21,24)(H,22,23). The summed E-state index contributed by atoms with van der Waals surface area (Å²) >= 11 is 0. The zero-order valence-electron chi connectivity index (χ0n) is 14.2. The van der Waals surface area contributed by atoms with Crippen LogP contribution < -0.4 is 16.4 Å². The van der Waals surface area contributed by atoms with E-state index in [2.05, 4.69) is 20.6 Å². The number of aromatic nitrogens is 2. The number of carbonyl (C=O) groups is 1. The molecule has 5 N–H and O–H groups in total. The number of amides is 1. The van der Waals surface area contributed by atoms with E-state index in [1.807, 2.05) is 24.3 Å². The molecule has 1 saturated carbocycles. The van der Waals surface area contributed by atoms with Crippen molar-refractivity contribution < 1.29 is 9.90 Å².